The zero-order valence-electron chi connectivity index (χ0n) is 21.5. The Hall–Kier alpha value is -3.68. The van der Waals surface area contributed by atoms with E-state index in [1.807, 2.05) is 0 Å². The summed E-state index contributed by atoms with van der Waals surface area (Å²) in [6.45, 7) is 3.79. The lowest BCUT2D eigenvalue weighted by Gasteiger charge is -2.34. The molecular formula is C25H32F3N7O4. The third-order valence-electron chi connectivity index (χ3n) is 7.12. The van der Waals surface area contributed by atoms with Crippen molar-refractivity contribution in [3.05, 3.63) is 46.1 Å². The van der Waals surface area contributed by atoms with E-state index < -0.39 is 11.3 Å². The van der Waals surface area contributed by atoms with Gasteiger partial charge in [0.15, 0.2) is 0 Å². The molecule has 4 rings (SSSR count). The molecule has 1 atom stereocenters. The highest BCUT2D eigenvalue weighted by Crippen LogP contribution is 2.31. The molecule has 1 saturated carbocycles. The van der Waals surface area contributed by atoms with Gasteiger partial charge in [0, 0.05) is 50.7 Å². The summed E-state index contributed by atoms with van der Waals surface area (Å²) in [5.74, 6) is 0.0444. The zero-order valence-corrected chi connectivity index (χ0v) is 21.5. The van der Waals surface area contributed by atoms with Crippen LogP contribution in [0.1, 0.15) is 44.6 Å². The first-order valence-electron chi connectivity index (χ1n) is 12.9. The summed E-state index contributed by atoms with van der Waals surface area (Å²) in [6.07, 6.45) is 1.13. The molecule has 14 heteroatoms. The van der Waals surface area contributed by atoms with Crippen molar-refractivity contribution >= 4 is 23.4 Å². The van der Waals surface area contributed by atoms with Gasteiger partial charge in [0.25, 0.3) is 0 Å². The molecule has 1 saturated heterocycles. The summed E-state index contributed by atoms with van der Waals surface area (Å²) in [6, 6.07) is 6.34. The smallest absolute Gasteiger partial charge is 0.405 e. The van der Waals surface area contributed by atoms with E-state index in [9.17, 15) is 28.1 Å². The molecule has 212 valence electrons. The van der Waals surface area contributed by atoms with E-state index in [4.69, 9.17) is 0 Å². The fraction of sp³-hybridized carbons (Fsp3) is 0.560. The Bertz CT molecular complexity index is 1160. The third kappa shape index (κ3) is 8.15. The fourth-order valence-corrected chi connectivity index (χ4v) is 5.25. The lowest BCUT2D eigenvalue weighted by atomic mass is 9.85. The van der Waals surface area contributed by atoms with E-state index in [0.717, 1.165) is 51.4 Å². The number of ether oxygens (including phenoxy) is 1. The van der Waals surface area contributed by atoms with Crippen molar-refractivity contribution in [2.45, 2.75) is 64.0 Å². The van der Waals surface area contributed by atoms with Crippen molar-refractivity contribution in [2.24, 2.45) is 5.92 Å². The summed E-state index contributed by atoms with van der Waals surface area (Å²) in [5, 5.41) is 20.4. The summed E-state index contributed by atoms with van der Waals surface area (Å²) in [7, 11) is 0. The molecule has 3 N–H and O–H groups in total. The molecule has 11 nitrogen and oxygen atoms in total. The van der Waals surface area contributed by atoms with Gasteiger partial charge in [-0.2, -0.15) is 4.98 Å². The number of carbonyl (C=O) groups excluding carboxylic acids is 1. The predicted molar refractivity (Wildman–Crippen MR) is 137 cm³/mol. The summed E-state index contributed by atoms with van der Waals surface area (Å²) >= 11 is 0. The Kier molecular flexibility index (Phi) is 9.04. The second kappa shape index (κ2) is 12.5. The first-order chi connectivity index (χ1) is 18.6. The third-order valence-corrected chi connectivity index (χ3v) is 7.12. The van der Waals surface area contributed by atoms with Crippen molar-refractivity contribution < 1.29 is 27.6 Å². The number of carbonyl (C=O) groups is 1. The number of para-hydroxylation sites is 1. The van der Waals surface area contributed by atoms with E-state index in [-0.39, 0.29) is 47.3 Å². The van der Waals surface area contributed by atoms with Gasteiger partial charge in [-0.25, -0.2) is 4.98 Å². The number of nitrogens with zero attached hydrogens (tertiary/aromatic N) is 4. The molecule has 1 aromatic heterocycles. The van der Waals surface area contributed by atoms with E-state index >= 15 is 0 Å². The second-order valence-electron chi connectivity index (χ2n) is 9.93. The molecule has 2 fully saturated rings. The Morgan fingerprint density at radius 2 is 1.92 bits per heavy atom. The van der Waals surface area contributed by atoms with Crippen LogP contribution in [-0.4, -0.2) is 63.8 Å². The van der Waals surface area contributed by atoms with Gasteiger partial charge in [0.2, 0.25) is 17.7 Å². The van der Waals surface area contributed by atoms with Crippen molar-refractivity contribution in [3.8, 4) is 5.75 Å². The molecule has 0 spiro atoms. The SMILES string of the molecule is CC(=O)N[C@@H]1CCN(C2CCC(CNc3nc(NCc4ccccc4OC(F)(F)F)ncc3[N+](=O)[O-])CC2)C1. The topological polar surface area (TPSA) is 135 Å². The van der Waals surface area contributed by atoms with Crippen LogP contribution in [0.2, 0.25) is 0 Å². The van der Waals surface area contributed by atoms with E-state index in [2.05, 4.69) is 35.6 Å². The van der Waals surface area contributed by atoms with Gasteiger partial charge in [0.1, 0.15) is 11.9 Å². The standard InChI is InChI=1S/C25H32F3N7O4/c1-16(36)32-19-10-11-34(15-19)20-8-6-17(7-9-20)12-29-23-21(35(37)38)14-31-24(33-23)30-13-18-4-2-3-5-22(18)39-25(26,27)28/h2-5,14,17,19-20H,6-13,15H2,1H3,(H,32,36)(H2,29,30,31,33)/t17?,19-,20?/m1/s1. The average Bonchev–Trinajstić information content (AvgIpc) is 3.34. The van der Waals surface area contributed by atoms with Gasteiger partial charge in [-0.1, -0.05) is 18.2 Å². The van der Waals surface area contributed by atoms with Crippen LogP contribution in [0, 0.1) is 16.0 Å². The number of aromatic nitrogens is 2. The van der Waals surface area contributed by atoms with Crippen molar-refractivity contribution in [1.29, 1.82) is 0 Å². The molecule has 2 aliphatic rings. The van der Waals surface area contributed by atoms with Crippen LogP contribution in [0.5, 0.6) is 5.75 Å². The first-order valence-corrected chi connectivity index (χ1v) is 12.9. The number of amides is 1. The number of hydrogen-bond acceptors (Lipinski definition) is 9. The Morgan fingerprint density at radius 3 is 2.62 bits per heavy atom. The maximum absolute atomic E-state index is 12.7. The highest BCUT2D eigenvalue weighted by atomic mass is 19.4. The minimum atomic E-state index is -4.83. The maximum Gasteiger partial charge on any atom is 0.573 e. The molecule has 0 unspecified atom stereocenters. The van der Waals surface area contributed by atoms with Crippen LogP contribution in [0.3, 0.4) is 0 Å². The molecule has 2 heterocycles. The van der Waals surface area contributed by atoms with Gasteiger partial charge in [-0.05, 0) is 44.1 Å². The molecule has 2 aromatic rings. The Morgan fingerprint density at radius 1 is 1.18 bits per heavy atom. The number of halogens is 3. The number of benzene rings is 1. The van der Waals surface area contributed by atoms with E-state index in [1.165, 1.54) is 25.1 Å². The first kappa shape index (κ1) is 28.3. The van der Waals surface area contributed by atoms with Gasteiger partial charge in [-0.3, -0.25) is 19.8 Å². The minimum absolute atomic E-state index is 0.00547. The largest absolute Gasteiger partial charge is 0.573 e. The molecule has 0 bridgehead atoms. The molecule has 39 heavy (non-hydrogen) atoms. The molecule has 1 aromatic carbocycles. The normalized spacial score (nSPS) is 21.8. The van der Waals surface area contributed by atoms with Crippen LogP contribution in [0.15, 0.2) is 30.5 Å². The lowest BCUT2D eigenvalue weighted by Crippen LogP contribution is -2.41. The summed E-state index contributed by atoms with van der Waals surface area (Å²) < 4.78 is 42.2. The lowest BCUT2D eigenvalue weighted by molar-refractivity contribution is -0.384. The average molecular weight is 552 g/mol. The van der Waals surface area contributed by atoms with E-state index in [0.29, 0.717) is 18.5 Å². The van der Waals surface area contributed by atoms with Crippen LogP contribution in [-0.2, 0) is 11.3 Å². The number of hydrogen-bond donors (Lipinski definition) is 3. The van der Waals surface area contributed by atoms with E-state index in [1.54, 1.807) is 6.07 Å². The minimum Gasteiger partial charge on any atom is -0.405 e. The number of alkyl halides is 3. The highest BCUT2D eigenvalue weighted by molar-refractivity contribution is 5.73. The van der Waals surface area contributed by atoms with Crippen LogP contribution < -0.4 is 20.7 Å². The fourth-order valence-electron chi connectivity index (χ4n) is 5.25. The van der Waals surface area contributed by atoms with Gasteiger partial charge in [-0.15, -0.1) is 13.2 Å². The van der Waals surface area contributed by atoms with Gasteiger partial charge >= 0.3 is 12.0 Å². The zero-order chi connectivity index (χ0) is 28.0. The monoisotopic (exact) mass is 551 g/mol. The van der Waals surface area contributed by atoms with Gasteiger partial charge < -0.3 is 20.7 Å². The molecule has 1 aliphatic carbocycles. The van der Waals surface area contributed by atoms with Crippen molar-refractivity contribution in [2.75, 3.05) is 30.3 Å². The van der Waals surface area contributed by atoms with Crippen LogP contribution >= 0.6 is 0 Å². The van der Waals surface area contributed by atoms with Gasteiger partial charge in [0.05, 0.1) is 4.92 Å². The number of nitrogens with one attached hydrogen (secondary N) is 3. The molecule has 1 amide bonds. The van der Waals surface area contributed by atoms with Crippen molar-refractivity contribution in [3.63, 3.8) is 0 Å². The Balaban J connectivity index is 1.31. The second-order valence-corrected chi connectivity index (χ2v) is 9.93. The summed E-state index contributed by atoms with van der Waals surface area (Å²) in [5.41, 5.74) is -0.0550. The Labute approximate surface area is 223 Å². The molecule has 0 radical (unpaired) electrons. The van der Waals surface area contributed by atoms with Crippen LogP contribution in [0.25, 0.3) is 0 Å². The summed E-state index contributed by atoms with van der Waals surface area (Å²) in [4.78, 5) is 32.9. The number of anilines is 2. The highest BCUT2D eigenvalue weighted by Gasteiger charge is 2.33. The quantitative estimate of drug-likeness (QED) is 0.295. The van der Waals surface area contributed by atoms with Crippen LogP contribution in [0.4, 0.5) is 30.6 Å². The number of rotatable bonds is 10. The number of likely N-dealkylation sites (tertiary alicyclic amines) is 1. The number of nitro groups is 1. The molecule has 1 aliphatic heterocycles. The molecular weight excluding hydrogens is 519 g/mol. The van der Waals surface area contributed by atoms with Crippen molar-refractivity contribution in [1.82, 2.24) is 20.2 Å². The maximum atomic E-state index is 12.7. The predicted octanol–water partition coefficient (Wildman–Crippen LogP) is 4.08.